The van der Waals surface area contributed by atoms with E-state index in [0.717, 1.165) is 0 Å². The third-order valence-corrected chi connectivity index (χ3v) is 3.15. The Kier molecular flexibility index (Phi) is 4.20. The number of hydrogen-bond acceptors (Lipinski definition) is 6. The van der Waals surface area contributed by atoms with E-state index in [1.807, 2.05) is 0 Å². The second-order valence-corrected chi connectivity index (χ2v) is 4.98. The molecular formula is C15H10ClN3O4. The van der Waals surface area contributed by atoms with E-state index in [4.69, 9.17) is 20.9 Å². The van der Waals surface area contributed by atoms with Gasteiger partial charge in [0.15, 0.2) is 19.0 Å². The lowest BCUT2D eigenvalue weighted by Crippen LogP contribution is -2.24. The van der Waals surface area contributed by atoms with Crippen molar-refractivity contribution >= 4 is 17.6 Å². The van der Waals surface area contributed by atoms with E-state index in [1.165, 1.54) is 24.5 Å². The molecule has 0 saturated carbocycles. The molecule has 0 atom stereocenters. The van der Waals surface area contributed by atoms with E-state index in [0.29, 0.717) is 21.1 Å². The first-order chi connectivity index (χ1) is 11.1. The summed E-state index contributed by atoms with van der Waals surface area (Å²) in [6, 6.07) is 9.71. The van der Waals surface area contributed by atoms with Gasteiger partial charge in [-0.25, -0.2) is 4.79 Å². The molecule has 0 N–H and O–H groups in total. The van der Waals surface area contributed by atoms with Crippen LogP contribution in [0.15, 0.2) is 53.3 Å². The number of esters is 1. The minimum absolute atomic E-state index is 0.156. The summed E-state index contributed by atoms with van der Waals surface area (Å²) in [7, 11) is 0. The third kappa shape index (κ3) is 3.64. The van der Waals surface area contributed by atoms with Crippen molar-refractivity contribution < 1.29 is 18.8 Å². The van der Waals surface area contributed by atoms with Crippen molar-refractivity contribution in [2.75, 3.05) is 0 Å². The minimum atomic E-state index is -0.590. The molecule has 3 rings (SSSR count). The van der Waals surface area contributed by atoms with E-state index < -0.39 is 5.97 Å². The van der Waals surface area contributed by atoms with E-state index in [2.05, 4.69) is 10.1 Å². The molecule has 23 heavy (non-hydrogen) atoms. The highest BCUT2D eigenvalue weighted by Gasteiger charge is 2.13. The molecule has 0 saturated heterocycles. The zero-order chi connectivity index (χ0) is 16.2. The van der Waals surface area contributed by atoms with Crippen LogP contribution in [0.5, 0.6) is 0 Å². The molecule has 0 spiro atoms. The topological polar surface area (TPSA) is 92.2 Å². The summed E-state index contributed by atoms with van der Waals surface area (Å²) < 4.78 is 10.7. The Morgan fingerprint density at radius 3 is 2.83 bits per heavy atom. The van der Waals surface area contributed by atoms with Gasteiger partial charge in [-0.2, -0.15) is 9.71 Å². The summed E-state index contributed by atoms with van der Waals surface area (Å²) in [6.45, 7) is -0.168. The summed E-state index contributed by atoms with van der Waals surface area (Å²) in [5.41, 5.74) is 0.952. The molecule has 0 aliphatic heterocycles. The van der Waals surface area contributed by atoms with E-state index in [-0.39, 0.29) is 18.1 Å². The Bertz CT molecular complexity index is 833. The summed E-state index contributed by atoms with van der Waals surface area (Å²) in [5, 5.41) is 15.3. The van der Waals surface area contributed by atoms with Gasteiger partial charge >= 0.3 is 5.97 Å². The number of ether oxygens (including phenoxy) is 1. The lowest BCUT2D eigenvalue weighted by Gasteiger charge is -2.01. The van der Waals surface area contributed by atoms with Crippen LogP contribution in [0.2, 0.25) is 5.02 Å². The normalized spacial score (nSPS) is 10.5. The van der Waals surface area contributed by atoms with Crippen molar-refractivity contribution in [2.45, 2.75) is 6.61 Å². The average Bonchev–Trinajstić information content (AvgIpc) is 3.02. The maximum absolute atomic E-state index is 11.8. The molecule has 0 fully saturated rings. The Morgan fingerprint density at radius 1 is 1.30 bits per heavy atom. The molecule has 0 radical (unpaired) electrons. The highest BCUT2D eigenvalue weighted by molar-refractivity contribution is 6.30. The summed E-state index contributed by atoms with van der Waals surface area (Å²) in [6.07, 6.45) is 2.42. The number of hydrogen-bond donors (Lipinski definition) is 0. The molecule has 0 aliphatic rings. The summed E-state index contributed by atoms with van der Waals surface area (Å²) >= 11 is 5.90. The van der Waals surface area contributed by atoms with Crippen molar-refractivity contribution in [3.63, 3.8) is 0 Å². The SMILES string of the molecule is O=C(OCc1nc(-c2cccc(Cl)c2)no1)c1cc[n+]([O-])cc1. The minimum Gasteiger partial charge on any atom is -0.619 e. The lowest BCUT2D eigenvalue weighted by atomic mass is 10.2. The number of aromatic nitrogens is 3. The zero-order valence-corrected chi connectivity index (χ0v) is 12.4. The van der Waals surface area contributed by atoms with Crippen LogP contribution in [0.3, 0.4) is 0 Å². The van der Waals surface area contributed by atoms with Crippen molar-refractivity contribution in [3.05, 3.63) is 70.5 Å². The van der Waals surface area contributed by atoms with Crippen molar-refractivity contribution in [2.24, 2.45) is 0 Å². The van der Waals surface area contributed by atoms with Gasteiger partial charge in [-0.3, -0.25) is 0 Å². The lowest BCUT2D eigenvalue weighted by molar-refractivity contribution is -0.605. The van der Waals surface area contributed by atoms with Crippen LogP contribution in [-0.2, 0) is 11.3 Å². The van der Waals surface area contributed by atoms with Gasteiger partial charge in [0.05, 0.1) is 5.56 Å². The average molecular weight is 332 g/mol. The fourth-order valence-corrected chi connectivity index (χ4v) is 2.01. The maximum Gasteiger partial charge on any atom is 0.339 e. The molecule has 8 heteroatoms. The zero-order valence-electron chi connectivity index (χ0n) is 11.7. The fourth-order valence-electron chi connectivity index (χ4n) is 1.82. The Morgan fingerprint density at radius 2 is 2.09 bits per heavy atom. The Labute approximate surface area is 135 Å². The fraction of sp³-hybridized carbons (Fsp3) is 0.0667. The second-order valence-electron chi connectivity index (χ2n) is 4.54. The summed E-state index contributed by atoms with van der Waals surface area (Å²) in [5.74, 6) is -0.0816. The van der Waals surface area contributed by atoms with Crippen LogP contribution in [0.1, 0.15) is 16.2 Å². The molecule has 1 aromatic carbocycles. The van der Waals surface area contributed by atoms with Crippen molar-refractivity contribution in [3.8, 4) is 11.4 Å². The number of nitrogens with zero attached hydrogens (tertiary/aromatic N) is 3. The van der Waals surface area contributed by atoms with Crippen LogP contribution >= 0.6 is 11.6 Å². The highest BCUT2D eigenvalue weighted by atomic mass is 35.5. The number of halogens is 1. The number of carbonyl (C=O) groups excluding carboxylic acids is 1. The molecule has 0 unspecified atom stereocenters. The third-order valence-electron chi connectivity index (χ3n) is 2.92. The molecule has 0 aliphatic carbocycles. The highest BCUT2D eigenvalue weighted by Crippen LogP contribution is 2.20. The monoisotopic (exact) mass is 331 g/mol. The van der Waals surface area contributed by atoms with Crippen molar-refractivity contribution in [1.82, 2.24) is 10.1 Å². The van der Waals surface area contributed by atoms with Crippen LogP contribution in [0.4, 0.5) is 0 Å². The van der Waals surface area contributed by atoms with Crippen LogP contribution in [-0.4, -0.2) is 16.1 Å². The predicted octanol–water partition coefficient (Wildman–Crippen LogP) is 2.38. The number of pyridine rings is 1. The molecule has 116 valence electrons. The van der Waals surface area contributed by atoms with Gasteiger partial charge < -0.3 is 14.5 Å². The quantitative estimate of drug-likeness (QED) is 0.414. The molecular weight excluding hydrogens is 322 g/mol. The van der Waals surface area contributed by atoms with E-state index in [1.54, 1.807) is 24.3 Å². The van der Waals surface area contributed by atoms with Gasteiger partial charge in [0.25, 0.3) is 5.89 Å². The van der Waals surface area contributed by atoms with Gasteiger partial charge in [0, 0.05) is 22.7 Å². The van der Waals surface area contributed by atoms with Gasteiger partial charge in [-0.15, -0.1) is 0 Å². The Hall–Kier alpha value is -2.93. The largest absolute Gasteiger partial charge is 0.619 e. The van der Waals surface area contributed by atoms with E-state index in [9.17, 15) is 10.0 Å². The standard InChI is InChI=1S/C15H10ClN3O4/c16-12-3-1-2-11(8-12)14-17-13(23-18-14)9-22-15(20)10-4-6-19(21)7-5-10/h1-8H,9H2. The van der Waals surface area contributed by atoms with Crippen LogP contribution < -0.4 is 4.73 Å². The van der Waals surface area contributed by atoms with E-state index >= 15 is 0 Å². The first-order valence-electron chi connectivity index (χ1n) is 6.56. The van der Waals surface area contributed by atoms with Gasteiger partial charge in [-0.05, 0) is 12.1 Å². The Balaban J connectivity index is 1.65. The van der Waals surface area contributed by atoms with Gasteiger partial charge in [-0.1, -0.05) is 28.9 Å². The number of rotatable bonds is 4. The maximum atomic E-state index is 11.8. The molecule has 0 bridgehead atoms. The van der Waals surface area contributed by atoms with Crippen molar-refractivity contribution in [1.29, 1.82) is 0 Å². The predicted molar refractivity (Wildman–Crippen MR) is 79.3 cm³/mol. The van der Waals surface area contributed by atoms with Crippen LogP contribution in [0, 0.1) is 5.21 Å². The molecule has 2 heterocycles. The number of carbonyl (C=O) groups is 1. The first-order valence-corrected chi connectivity index (χ1v) is 6.94. The van der Waals surface area contributed by atoms with Crippen LogP contribution in [0.25, 0.3) is 11.4 Å². The number of benzene rings is 1. The smallest absolute Gasteiger partial charge is 0.339 e. The molecule has 7 nitrogen and oxygen atoms in total. The van der Waals surface area contributed by atoms with Gasteiger partial charge in [0.2, 0.25) is 5.82 Å². The first kappa shape index (κ1) is 15.0. The molecule has 3 aromatic rings. The van der Waals surface area contributed by atoms with Gasteiger partial charge in [0.1, 0.15) is 0 Å². The summed E-state index contributed by atoms with van der Waals surface area (Å²) in [4.78, 5) is 15.9. The second kappa shape index (κ2) is 6.45. The molecule has 0 amide bonds. The molecule has 2 aromatic heterocycles.